The minimum atomic E-state index is -3.57. The maximum absolute atomic E-state index is 14.9. The number of halogens is 2. The molecule has 2 aliphatic rings. The van der Waals surface area contributed by atoms with Crippen LogP contribution in [-0.2, 0) is 29.7 Å². The second-order valence-electron chi connectivity index (χ2n) is 11.8. The average molecular weight is 617 g/mol. The highest BCUT2D eigenvalue weighted by molar-refractivity contribution is 5.91. The van der Waals surface area contributed by atoms with Gasteiger partial charge in [0.2, 0.25) is 11.8 Å². The number of methoxy groups -OCH3 is 1. The number of hydrogen-bond donors (Lipinski definition) is 1. The van der Waals surface area contributed by atoms with Crippen LogP contribution in [0.5, 0.6) is 5.88 Å². The van der Waals surface area contributed by atoms with Gasteiger partial charge in [-0.05, 0) is 36.5 Å². The molecule has 0 radical (unpaired) electrons. The Morgan fingerprint density at radius 2 is 1.77 bits per heavy atom. The van der Waals surface area contributed by atoms with Crippen LogP contribution in [-0.4, -0.2) is 83.5 Å². The van der Waals surface area contributed by atoms with Crippen LogP contribution in [0.15, 0.2) is 49.6 Å². The molecule has 5 atom stereocenters. The lowest BCUT2D eigenvalue weighted by Crippen LogP contribution is -2.58. The summed E-state index contributed by atoms with van der Waals surface area (Å²) in [6.07, 6.45) is 0.849. The van der Waals surface area contributed by atoms with Crippen LogP contribution in [0.25, 0.3) is 11.0 Å². The van der Waals surface area contributed by atoms with E-state index >= 15 is 0 Å². The summed E-state index contributed by atoms with van der Waals surface area (Å²) in [6, 6.07) is 4.24. The normalized spacial score (nSPS) is 22.5. The number of nitrogens with one attached hydrogen (secondary N) is 1. The second-order valence-corrected chi connectivity index (χ2v) is 11.8. The highest BCUT2D eigenvalue weighted by atomic mass is 19.3. The van der Waals surface area contributed by atoms with Crippen molar-refractivity contribution in [2.45, 2.75) is 76.4 Å². The van der Waals surface area contributed by atoms with Crippen LogP contribution in [0, 0.1) is 5.41 Å². The Bertz CT molecular complexity index is 1410. The maximum atomic E-state index is 14.9. The highest BCUT2D eigenvalue weighted by Crippen LogP contribution is 2.37. The summed E-state index contributed by atoms with van der Waals surface area (Å²) < 4.78 is 51.8. The van der Waals surface area contributed by atoms with Gasteiger partial charge in [0, 0.05) is 6.42 Å². The average Bonchev–Trinajstić information content (AvgIpc) is 3.40. The Kier molecular flexibility index (Phi) is 9.87. The molecule has 2 fully saturated rings. The van der Waals surface area contributed by atoms with Crippen molar-refractivity contribution in [1.82, 2.24) is 20.2 Å². The molecule has 44 heavy (non-hydrogen) atoms. The first-order chi connectivity index (χ1) is 20.8. The van der Waals surface area contributed by atoms with Crippen molar-refractivity contribution in [1.29, 1.82) is 0 Å². The minimum absolute atomic E-state index is 0.0717. The fourth-order valence-electron chi connectivity index (χ4n) is 5.08. The van der Waals surface area contributed by atoms with E-state index in [-0.39, 0.29) is 24.6 Å². The van der Waals surface area contributed by atoms with E-state index in [0.29, 0.717) is 24.6 Å². The number of alkyl carbamates (subject to hydrolysis) is 1. The molecule has 0 unspecified atom stereocenters. The molecule has 0 spiro atoms. The van der Waals surface area contributed by atoms with Gasteiger partial charge in [0.1, 0.15) is 24.3 Å². The monoisotopic (exact) mass is 616 g/mol. The first kappa shape index (κ1) is 32.8. The van der Waals surface area contributed by atoms with Crippen molar-refractivity contribution in [2.75, 3.05) is 20.3 Å². The molecule has 238 valence electrons. The topological polar surface area (TPSA) is 129 Å². The number of allylic oxidation sites excluding steroid dienone is 1. The lowest BCUT2D eigenvalue weighted by Gasteiger charge is -2.37. The molecule has 1 aromatic heterocycles. The number of likely N-dealkylation sites (tertiary alicyclic amines) is 1. The molecule has 11 nitrogen and oxygen atoms in total. The van der Waals surface area contributed by atoms with Crippen molar-refractivity contribution in [3.8, 4) is 5.88 Å². The van der Waals surface area contributed by atoms with E-state index in [4.69, 9.17) is 18.9 Å². The van der Waals surface area contributed by atoms with E-state index < -0.39 is 65.2 Å². The van der Waals surface area contributed by atoms with Gasteiger partial charge in [0.25, 0.3) is 0 Å². The first-order valence-corrected chi connectivity index (χ1v) is 14.3. The predicted molar refractivity (Wildman–Crippen MR) is 156 cm³/mol. The smallest absolute Gasteiger partial charge is 0.408 e. The summed E-state index contributed by atoms with van der Waals surface area (Å²) >= 11 is 0. The summed E-state index contributed by atoms with van der Waals surface area (Å²) in [5, 5.41) is 2.65. The summed E-state index contributed by atoms with van der Waals surface area (Å²) in [5.74, 6) is -5.33. The number of carbonyl (C=O) groups is 3. The van der Waals surface area contributed by atoms with Crippen LogP contribution < -0.4 is 10.1 Å². The number of amides is 2. The van der Waals surface area contributed by atoms with E-state index in [1.165, 1.54) is 12.0 Å². The second kappa shape index (κ2) is 13.2. The van der Waals surface area contributed by atoms with Gasteiger partial charge in [-0.1, -0.05) is 45.6 Å². The number of esters is 1. The fourth-order valence-corrected chi connectivity index (χ4v) is 5.08. The summed E-state index contributed by atoms with van der Waals surface area (Å²) in [5.41, 5.74) is -0.995. The number of rotatable bonds is 11. The summed E-state index contributed by atoms with van der Waals surface area (Å²) in [4.78, 5) is 49.3. The van der Waals surface area contributed by atoms with Gasteiger partial charge in [0.15, 0.2) is 5.69 Å². The van der Waals surface area contributed by atoms with Gasteiger partial charge in [-0.25, -0.2) is 19.6 Å². The molecule has 1 saturated carbocycles. The zero-order chi connectivity index (χ0) is 32.2. The molecule has 1 aliphatic carbocycles. The molecule has 1 aromatic carbocycles. The Morgan fingerprint density at radius 1 is 1.11 bits per heavy atom. The Morgan fingerprint density at radius 3 is 2.34 bits per heavy atom. The number of para-hydroxylation sites is 2. The lowest BCUT2D eigenvalue weighted by atomic mass is 9.85. The fraction of sp³-hybridized carbons (Fsp3) is 0.516. The molecule has 4 rings (SSSR count). The van der Waals surface area contributed by atoms with E-state index in [1.807, 2.05) is 0 Å². The van der Waals surface area contributed by atoms with Crippen molar-refractivity contribution >= 4 is 29.0 Å². The van der Waals surface area contributed by atoms with Gasteiger partial charge in [-0.2, -0.15) is 8.78 Å². The third kappa shape index (κ3) is 7.15. The molecule has 0 bridgehead atoms. The van der Waals surface area contributed by atoms with Crippen LogP contribution in [0.2, 0.25) is 0 Å². The third-order valence-corrected chi connectivity index (χ3v) is 7.62. The Labute approximate surface area is 254 Å². The maximum Gasteiger partial charge on any atom is 0.408 e. The number of ether oxygens (including phenoxy) is 4. The van der Waals surface area contributed by atoms with E-state index in [1.54, 1.807) is 51.1 Å². The Hall–Kier alpha value is -4.13. The zero-order valence-electron chi connectivity index (χ0n) is 25.3. The quantitative estimate of drug-likeness (QED) is 0.290. The van der Waals surface area contributed by atoms with Gasteiger partial charge < -0.3 is 29.2 Å². The molecule has 13 heteroatoms. The standard InChI is InChI=1S/C31H38F2N4O7/c1-7-15-42-22-13-14-23(22)44-29(40)36-25(30(3,4)5)27(38)37-17-18(16-21(37)28(39)41-6)43-26-24(31(32,33)8-2)34-19-11-9-10-12-20(19)35-26/h7-12,18,21-23,25H,1-2,13-17H2,3-6H3,(H,36,40)/t18-,21+,22-,23-,25-/m1/s1. The molecule has 2 amide bonds. The van der Waals surface area contributed by atoms with Crippen LogP contribution >= 0.6 is 0 Å². The van der Waals surface area contributed by atoms with Crippen LogP contribution in [0.1, 0.15) is 45.7 Å². The molecular formula is C31H38F2N4O7. The number of benzene rings is 1. The predicted octanol–water partition coefficient (Wildman–Crippen LogP) is 4.30. The van der Waals surface area contributed by atoms with E-state index in [2.05, 4.69) is 28.4 Å². The van der Waals surface area contributed by atoms with Crippen LogP contribution in [0.4, 0.5) is 13.6 Å². The van der Waals surface area contributed by atoms with Gasteiger partial charge in [-0.3, -0.25) is 4.79 Å². The van der Waals surface area contributed by atoms with Crippen molar-refractivity contribution in [2.24, 2.45) is 5.41 Å². The summed E-state index contributed by atoms with van der Waals surface area (Å²) in [7, 11) is 1.18. The number of carbonyl (C=O) groups excluding carboxylic acids is 3. The van der Waals surface area contributed by atoms with Gasteiger partial charge >= 0.3 is 18.0 Å². The summed E-state index contributed by atoms with van der Waals surface area (Å²) in [6.45, 7) is 12.2. The SMILES string of the molecule is C=CCO[C@@H]1CC[C@H]1OC(=O)N[C@H](C(=O)N1C[C@H](Oc2nc3ccccc3nc2C(F)(F)C=C)C[C@H]1C(=O)OC)C(C)(C)C. The van der Waals surface area contributed by atoms with Gasteiger partial charge in [0.05, 0.1) is 37.4 Å². The third-order valence-electron chi connectivity index (χ3n) is 7.62. The number of nitrogens with zero attached hydrogens (tertiary/aromatic N) is 3. The molecular weight excluding hydrogens is 578 g/mol. The molecule has 1 saturated heterocycles. The zero-order valence-corrected chi connectivity index (χ0v) is 25.3. The van der Waals surface area contributed by atoms with E-state index in [9.17, 15) is 23.2 Å². The molecule has 1 N–H and O–H groups in total. The number of aromatic nitrogens is 2. The lowest BCUT2D eigenvalue weighted by molar-refractivity contribution is -0.152. The molecule has 2 heterocycles. The number of alkyl halides is 2. The number of fused-ring (bicyclic) bond motifs is 1. The Balaban J connectivity index is 1.56. The highest BCUT2D eigenvalue weighted by Gasteiger charge is 2.47. The van der Waals surface area contributed by atoms with Crippen molar-refractivity contribution in [3.63, 3.8) is 0 Å². The van der Waals surface area contributed by atoms with Crippen molar-refractivity contribution < 1.29 is 42.1 Å². The van der Waals surface area contributed by atoms with Crippen molar-refractivity contribution in [3.05, 3.63) is 55.3 Å². The van der Waals surface area contributed by atoms with Crippen LogP contribution in [0.3, 0.4) is 0 Å². The molecule has 1 aliphatic heterocycles. The van der Waals surface area contributed by atoms with E-state index in [0.717, 1.165) is 6.42 Å². The van der Waals surface area contributed by atoms with Gasteiger partial charge in [-0.15, -0.1) is 6.58 Å². The first-order valence-electron chi connectivity index (χ1n) is 14.3. The minimum Gasteiger partial charge on any atom is -0.471 e. The molecule has 2 aromatic rings. The number of hydrogen-bond acceptors (Lipinski definition) is 9. The largest absolute Gasteiger partial charge is 0.471 e.